The van der Waals surface area contributed by atoms with Crippen molar-refractivity contribution in [2.75, 3.05) is 13.7 Å². The van der Waals surface area contributed by atoms with Gasteiger partial charge in [-0.3, -0.25) is 0 Å². The van der Waals surface area contributed by atoms with Crippen molar-refractivity contribution in [1.82, 2.24) is 0 Å². The van der Waals surface area contributed by atoms with Crippen molar-refractivity contribution in [3.8, 4) is 0 Å². The molecule has 36 heavy (non-hydrogen) atoms. The van der Waals surface area contributed by atoms with Gasteiger partial charge < -0.3 is 23.7 Å². The summed E-state index contributed by atoms with van der Waals surface area (Å²) in [6.07, 6.45) is -3.35. The van der Waals surface area contributed by atoms with E-state index in [0.717, 1.165) is 0 Å². The molecule has 8 nitrogen and oxygen atoms in total. The Kier molecular flexibility index (Phi) is 7.77. The van der Waals surface area contributed by atoms with Gasteiger partial charge in [0.1, 0.15) is 12.2 Å². The van der Waals surface area contributed by atoms with Gasteiger partial charge in [-0.1, -0.05) is 54.6 Å². The fraction of sp³-hybridized carbons (Fsp3) is 0.250. The van der Waals surface area contributed by atoms with E-state index in [0.29, 0.717) is 16.7 Å². The van der Waals surface area contributed by atoms with E-state index in [1.54, 1.807) is 97.9 Å². The number of benzene rings is 3. The summed E-state index contributed by atoms with van der Waals surface area (Å²) in [6.45, 7) is 1.32. The van der Waals surface area contributed by atoms with E-state index in [1.165, 1.54) is 7.11 Å². The van der Waals surface area contributed by atoms with Crippen molar-refractivity contribution < 1.29 is 38.1 Å². The molecule has 3 aromatic carbocycles. The summed E-state index contributed by atoms with van der Waals surface area (Å²) in [7, 11) is 1.38. The van der Waals surface area contributed by atoms with Gasteiger partial charge in [-0.15, -0.1) is 0 Å². The average Bonchev–Trinajstić information content (AvgIpc) is 3.19. The van der Waals surface area contributed by atoms with Crippen molar-refractivity contribution in [3.05, 3.63) is 108 Å². The molecular weight excluding hydrogens is 464 g/mol. The van der Waals surface area contributed by atoms with Crippen LogP contribution in [-0.2, 0) is 23.7 Å². The van der Waals surface area contributed by atoms with Crippen LogP contribution in [0.5, 0.6) is 0 Å². The number of esters is 3. The number of carbonyl (C=O) groups is 3. The van der Waals surface area contributed by atoms with Gasteiger partial charge in [-0.25, -0.2) is 14.4 Å². The fourth-order valence-corrected chi connectivity index (χ4v) is 3.89. The standard InChI is InChI=1S/C28H26O8/c1-28(18-33-24(29)19-12-6-3-7-13-19)23(35-26(31)21-16-10-5-11-17-21)22(27(32-2)36-28)34-25(30)20-14-8-4-9-15-20/h3-17,22-23,27H,18H2,1-2H3/t22-,23+,27-,28-/m1/s1. The first-order chi connectivity index (χ1) is 17.4. The Morgan fingerprint density at radius 2 is 1.17 bits per heavy atom. The number of hydrogen-bond donors (Lipinski definition) is 0. The molecule has 0 bridgehead atoms. The van der Waals surface area contributed by atoms with Crippen LogP contribution >= 0.6 is 0 Å². The lowest BCUT2D eigenvalue weighted by atomic mass is 9.97. The van der Waals surface area contributed by atoms with Gasteiger partial charge in [0.05, 0.1) is 16.7 Å². The van der Waals surface area contributed by atoms with E-state index in [2.05, 4.69) is 0 Å². The predicted molar refractivity (Wildman–Crippen MR) is 128 cm³/mol. The van der Waals surface area contributed by atoms with Crippen LogP contribution in [0, 0.1) is 0 Å². The van der Waals surface area contributed by atoms with E-state index < -0.39 is 42.0 Å². The number of rotatable bonds is 8. The summed E-state index contributed by atoms with van der Waals surface area (Å²) in [4.78, 5) is 38.4. The van der Waals surface area contributed by atoms with Gasteiger partial charge in [0.15, 0.2) is 18.5 Å². The molecule has 4 rings (SSSR count). The summed E-state index contributed by atoms with van der Waals surface area (Å²) >= 11 is 0. The second-order valence-electron chi connectivity index (χ2n) is 8.40. The quantitative estimate of drug-likeness (QED) is 0.345. The smallest absolute Gasteiger partial charge is 0.338 e. The molecule has 3 aromatic rings. The first kappa shape index (κ1) is 25.1. The number of hydrogen-bond acceptors (Lipinski definition) is 8. The molecule has 0 radical (unpaired) electrons. The normalized spacial score (nSPS) is 23.0. The van der Waals surface area contributed by atoms with Gasteiger partial charge in [0.2, 0.25) is 0 Å². The van der Waals surface area contributed by atoms with Crippen LogP contribution in [0.25, 0.3) is 0 Å². The molecule has 0 spiro atoms. The molecule has 186 valence electrons. The maximum Gasteiger partial charge on any atom is 0.338 e. The molecule has 0 unspecified atom stereocenters. The number of carbonyl (C=O) groups excluding carboxylic acids is 3. The third kappa shape index (κ3) is 5.62. The second kappa shape index (κ2) is 11.2. The zero-order valence-corrected chi connectivity index (χ0v) is 19.9. The second-order valence-corrected chi connectivity index (χ2v) is 8.40. The SMILES string of the molecule is CO[C@@H]1O[C@](C)(COC(=O)c2ccccc2)[C@@H](OC(=O)c2ccccc2)[C@H]1OC(=O)c1ccccc1. The van der Waals surface area contributed by atoms with Crippen molar-refractivity contribution in [2.45, 2.75) is 31.0 Å². The van der Waals surface area contributed by atoms with Crippen molar-refractivity contribution in [1.29, 1.82) is 0 Å². The minimum absolute atomic E-state index is 0.285. The molecule has 8 heteroatoms. The topological polar surface area (TPSA) is 97.4 Å². The van der Waals surface area contributed by atoms with Gasteiger partial charge in [-0.2, -0.15) is 0 Å². The Labute approximate surface area is 208 Å². The fourth-order valence-electron chi connectivity index (χ4n) is 3.89. The lowest BCUT2D eigenvalue weighted by Crippen LogP contribution is -2.49. The first-order valence-corrected chi connectivity index (χ1v) is 11.4. The van der Waals surface area contributed by atoms with Gasteiger partial charge in [0.25, 0.3) is 0 Å². The van der Waals surface area contributed by atoms with Crippen molar-refractivity contribution in [2.24, 2.45) is 0 Å². The van der Waals surface area contributed by atoms with E-state index in [4.69, 9.17) is 23.7 Å². The highest BCUT2D eigenvalue weighted by Crippen LogP contribution is 2.37. The molecule has 0 saturated carbocycles. The molecule has 1 aliphatic heterocycles. The minimum Gasteiger partial charge on any atom is -0.459 e. The average molecular weight is 491 g/mol. The highest BCUT2D eigenvalue weighted by molar-refractivity contribution is 5.91. The van der Waals surface area contributed by atoms with Crippen LogP contribution in [0.4, 0.5) is 0 Å². The molecule has 0 aliphatic carbocycles. The Morgan fingerprint density at radius 1 is 0.722 bits per heavy atom. The van der Waals surface area contributed by atoms with Crippen molar-refractivity contribution >= 4 is 17.9 Å². The van der Waals surface area contributed by atoms with E-state index in [9.17, 15) is 14.4 Å². The lowest BCUT2D eigenvalue weighted by Gasteiger charge is -2.30. The van der Waals surface area contributed by atoms with Gasteiger partial charge in [-0.05, 0) is 43.3 Å². The number of ether oxygens (including phenoxy) is 5. The van der Waals surface area contributed by atoms with E-state index in [1.807, 2.05) is 0 Å². The molecular formula is C28H26O8. The molecule has 1 fully saturated rings. The molecule has 1 saturated heterocycles. The van der Waals surface area contributed by atoms with Crippen LogP contribution in [0.2, 0.25) is 0 Å². The Bertz CT molecular complexity index is 1180. The predicted octanol–water partition coefficient (Wildman–Crippen LogP) is 4.06. The van der Waals surface area contributed by atoms with Crippen LogP contribution < -0.4 is 0 Å². The molecule has 1 aliphatic rings. The lowest BCUT2D eigenvalue weighted by molar-refractivity contribution is -0.183. The summed E-state index contributed by atoms with van der Waals surface area (Å²) < 4.78 is 28.5. The monoisotopic (exact) mass is 490 g/mol. The number of methoxy groups -OCH3 is 1. The highest BCUT2D eigenvalue weighted by atomic mass is 16.7. The van der Waals surface area contributed by atoms with Crippen LogP contribution in [-0.4, -0.2) is 55.7 Å². The largest absolute Gasteiger partial charge is 0.459 e. The van der Waals surface area contributed by atoms with Crippen LogP contribution in [0.15, 0.2) is 91.0 Å². The third-order valence-electron chi connectivity index (χ3n) is 5.78. The molecule has 0 N–H and O–H groups in total. The third-order valence-corrected chi connectivity index (χ3v) is 5.78. The maximum absolute atomic E-state index is 13.0. The zero-order chi connectivity index (χ0) is 25.5. The highest BCUT2D eigenvalue weighted by Gasteiger charge is 2.58. The summed E-state index contributed by atoms with van der Waals surface area (Å²) in [5, 5.41) is 0. The minimum atomic E-state index is -1.38. The van der Waals surface area contributed by atoms with Crippen molar-refractivity contribution in [3.63, 3.8) is 0 Å². The summed E-state index contributed by atoms with van der Waals surface area (Å²) in [6, 6.07) is 25.2. The van der Waals surface area contributed by atoms with Gasteiger partial charge in [0, 0.05) is 7.11 Å². The molecule has 1 heterocycles. The zero-order valence-electron chi connectivity index (χ0n) is 19.9. The Hall–Kier alpha value is -4.01. The summed E-state index contributed by atoms with van der Waals surface area (Å²) in [5.41, 5.74) is -0.413. The Morgan fingerprint density at radius 3 is 1.64 bits per heavy atom. The maximum atomic E-state index is 13.0. The molecule has 0 aromatic heterocycles. The van der Waals surface area contributed by atoms with Crippen LogP contribution in [0.3, 0.4) is 0 Å². The first-order valence-electron chi connectivity index (χ1n) is 11.4. The van der Waals surface area contributed by atoms with Crippen LogP contribution in [0.1, 0.15) is 38.0 Å². The van der Waals surface area contributed by atoms with Gasteiger partial charge >= 0.3 is 17.9 Å². The van der Waals surface area contributed by atoms with E-state index >= 15 is 0 Å². The summed E-state index contributed by atoms with van der Waals surface area (Å²) in [5.74, 6) is -1.87. The van der Waals surface area contributed by atoms with E-state index in [-0.39, 0.29) is 6.61 Å². The Balaban J connectivity index is 1.59. The molecule has 0 amide bonds. The molecule has 4 atom stereocenters.